The van der Waals surface area contributed by atoms with Crippen LogP contribution in [-0.2, 0) is 13.5 Å². The third kappa shape index (κ3) is 2.79. The number of aryl methyl sites for hydroxylation is 2. The molecule has 0 aliphatic carbocycles. The molecular formula is C26H26NSe+. The summed E-state index contributed by atoms with van der Waals surface area (Å²) in [6.07, 6.45) is 3.42. The van der Waals surface area contributed by atoms with Crippen LogP contribution in [0.2, 0.25) is 0 Å². The van der Waals surface area contributed by atoms with Crippen LogP contribution in [0.5, 0.6) is 0 Å². The molecular weight excluding hydrogens is 405 g/mol. The van der Waals surface area contributed by atoms with Gasteiger partial charge in [0.1, 0.15) is 0 Å². The van der Waals surface area contributed by atoms with Gasteiger partial charge in [0, 0.05) is 0 Å². The molecule has 0 saturated heterocycles. The molecule has 0 saturated carbocycles. The Morgan fingerprint density at radius 2 is 1.75 bits per heavy atom. The van der Waals surface area contributed by atoms with Crippen LogP contribution in [0.3, 0.4) is 0 Å². The van der Waals surface area contributed by atoms with Gasteiger partial charge in [-0.3, -0.25) is 0 Å². The Balaban J connectivity index is 1.86. The van der Waals surface area contributed by atoms with Gasteiger partial charge in [0.15, 0.2) is 0 Å². The van der Waals surface area contributed by atoms with Crippen molar-refractivity contribution in [1.82, 2.24) is 0 Å². The molecule has 2 heteroatoms. The number of pyridine rings is 1. The Morgan fingerprint density at radius 3 is 2.54 bits per heavy atom. The summed E-state index contributed by atoms with van der Waals surface area (Å²) in [6, 6.07) is 18.5. The molecule has 0 unspecified atom stereocenters. The Hall–Kier alpha value is -2.15. The van der Waals surface area contributed by atoms with Crippen molar-refractivity contribution in [3.8, 4) is 11.3 Å². The molecule has 0 fully saturated rings. The fourth-order valence-corrected chi connectivity index (χ4v) is 7.30. The molecule has 0 bridgehead atoms. The Bertz CT molecular complexity index is 1260. The molecule has 1 nitrogen and oxygen atoms in total. The number of hydrogen-bond donors (Lipinski definition) is 0. The van der Waals surface area contributed by atoms with Crippen LogP contribution in [-0.4, -0.2) is 15.0 Å². The molecule has 4 aromatic rings. The van der Waals surface area contributed by atoms with Crippen LogP contribution in [0.25, 0.3) is 32.8 Å². The first-order chi connectivity index (χ1) is 13.3. The topological polar surface area (TPSA) is 3.88 Å². The Labute approximate surface area is 173 Å². The summed E-state index contributed by atoms with van der Waals surface area (Å²) in [5, 5.41) is 5.63. The van der Waals surface area contributed by atoms with E-state index in [-0.39, 0.29) is 0 Å². The summed E-state index contributed by atoms with van der Waals surface area (Å²) in [4.78, 5) is 0. The van der Waals surface area contributed by atoms with Gasteiger partial charge in [-0.2, -0.15) is 0 Å². The van der Waals surface area contributed by atoms with Crippen molar-refractivity contribution in [2.24, 2.45) is 12.5 Å². The van der Waals surface area contributed by atoms with E-state index >= 15 is 0 Å². The van der Waals surface area contributed by atoms with E-state index in [4.69, 9.17) is 0 Å². The quantitative estimate of drug-likeness (QED) is 0.275. The first-order valence-electron chi connectivity index (χ1n) is 9.98. The van der Waals surface area contributed by atoms with Crippen LogP contribution in [0.4, 0.5) is 0 Å². The minimum absolute atomic E-state index is 0.299. The van der Waals surface area contributed by atoms with E-state index in [0.29, 0.717) is 20.4 Å². The van der Waals surface area contributed by atoms with Crippen molar-refractivity contribution >= 4 is 45.4 Å². The zero-order chi connectivity index (χ0) is 19.6. The van der Waals surface area contributed by atoms with Gasteiger partial charge in [0.05, 0.1) is 0 Å². The molecule has 0 radical (unpaired) electrons. The normalized spacial score (nSPS) is 13.2. The molecule has 2 heterocycles. The third-order valence-corrected chi connectivity index (χ3v) is 8.13. The third-order valence-electron chi connectivity index (χ3n) is 5.66. The average molecular weight is 431 g/mol. The molecule has 0 spiro atoms. The second-order valence-corrected chi connectivity index (χ2v) is 11.5. The van der Waals surface area contributed by atoms with Gasteiger partial charge in [-0.05, 0) is 0 Å². The molecule has 0 amide bonds. The van der Waals surface area contributed by atoms with Crippen molar-refractivity contribution in [1.29, 1.82) is 0 Å². The van der Waals surface area contributed by atoms with Crippen LogP contribution in [0.1, 0.15) is 31.9 Å². The maximum absolute atomic E-state index is 2.46. The number of nitrogens with zero attached hydrogens (tertiary/aromatic N) is 1. The van der Waals surface area contributed by atoms with Gasteiger partial charge >= 0.3 is 174 Å². The van der Waals surface area contributed by atoms with Crippen LogP contribution >= 0.6 is 0 Å². The fourth-order valence-electron chi connectivity index (χ4n) is 4.54. The molecule has 28 heavy (non-hydrogen) atoms. The van der Waals surface area contributed by atoms with E-state index < -0.39 is 0 Å². The number of fused-ring (bicyclic) bond motifs is 4. The van der Waals surface area contributed by atoms with E-state index in [0.717, 1.165) is 6.42 Å². The summed E-state index contributed by atoms with van der Waals surface area (Å²) < 4.78 is 5.42. The van der Waals surface area contributed by atoms with Gasteiger partial charge in [0.2, 0.25) is 0 Å². The average Bonchev–Trinajstić information content (AvgIpc) is 2.63. The number of benzene rings is 3. The summed E-state index contributed by atoms with van der Waals surface area (Å²) in [6.45, 7) is 9.22. The predicted molar refractivity (Wildman–Crippen MR) is 121 cm³/mol. The van der Waals surface area contributed by atoms with Gasteiger partial charge < -0.3 is 0 Å². The van der Waals surface area contributed by atoms with Crippen molar-refractivity contribution in [3.05, 3.63) is 65.9 Å². The summed E-state index contributed by atoms with van der Waals surface area (Å²) in [5.41, 5.74) is 5.97. The van der Waals surface area contributed by atoms with Gasteiger partial charge in [-0.25, -0.2) is 0 Å². The number of hydrogen-bond acceptors (Lipinski definition) is 0. The van der Waals surface area contributed by atoms with E-state index in [9.17, 15) is 0 Å². The van der Waals surface area contributed by atoms with Crippen molar-refractivity contribution < 1.29 is 4.57 Å². The minimum atomic E-state index is 0.299. The molecule has 5 rings (SSSR count). The molecule has 0 N–H and O–H groups in total. The monoisotopic (exact) mass is 432 g/mol. The predicted octanol–water partition coefficient (Wildman–Crippen LogP) is 4.35. The van der Waals surface area contributed by atoms with Crippen LogP contribution in [0.15, 0.2) is 54.7 Å². The SMILES string of the molecule is Cc1ccc2cccc3c2c1-c1c(c2cc(CC(C)(C)C)ccc2c[n+]1C)[Se]3. The summed E-state index contributed by atoms with van der Waals surface area (Å²) in [7, 11) is 2.21. The standard InChI is InChI=1S/C26H26NSe/c1-16-9-11-18-7-6-8-21-23(18)22(16)24-25(28-21)20-13-17(14-26(2,3)4)10-12-19(20)15-27(24)5/h6-13,15H,14H2,1-5H3/q+1. The first kappa shape index (κ1) is 17.9. The molecule has 0 atom stereocenters. The Kier molecular flexibility index (Phi) is 3.95. The molecule has 1 aliphatic rings. The van der Waals surface area contributed by atoms with Crippen molar-refractivity contribution in [2.45, 2.75) is 34.1 Å². The van der Waals surface area contributed by atoms with E-state index in [1.165, 1.54) is 52.9 Å². The first-order valence-corrected chi connectivity index (χ1v) is 11.7. The molecule has 3 aromatic carbocycles. The molecule has 1 aliphatic heterocycles. The molecule has 140 valence electrons. The summed E-state index contributed by atoms with van der Waals surface area (Å²) >= 11 is 0.313. The number of aromatic nitrogens is 1. The Morgan fingerprint density at radius 1 is 0.964 bits per heavy atom. The van der Waals surface area contributed by atoms with Crippen molar-refractivity contribution in [2.75, 3.05) is 0 Å². The van der Waals surface area contributed by atoms with E-state index in [1.807, 2.05) is 0 Å². The van der Waals surface area contributed by atoms with Crippen molar-refractivity contribution in [3.63, 3.8) is 0 Å². The zero-order valence-corrected chi connectivity index (χ0v) is 19.0. The molecule has 1 aromatic heterocycles. The number of rotatable bonds is 1. The van der Waals surface area contributed by atoms with Crippen LogP contribution in [0, 0.1) is 12.3 Å². The fraction of sp³-hybridized carbons (Fsp3) is 0.269. The van der Waals surface area contributed by atoms with E-state index in [2.05, 4.69) is 94.0 Å². The second-order valence-electron chi connectivity index (χ2n) is 9.29. The maximum atomic E-state index is 2.46. The van der Waals surface area contributed by atoms with Gasteiger partial charge in [-0.1, -0.05) is 0 Å². The van der Waals surface area contributed by atoms with Gasteiger partial charge in [0.25, 0.3) is 0 Å². The van der Waals surface area contributed by atoms with Gasteiger partial charge in [-0.15, -0.1) is 0 Å². The second kappa shape index (κ2) is 6.17. The zero-order valence-electron chi connectivity index (χ0n) is 17.3. The van der Waals surface area contributed by atoms with Crippen LogP contribution < -0.4 is 13.5 Å². The van der Waals surface area contributed by atoms with E-state index in [1.54, 1.807) is 0 Å². The summed E-state index contributed by atoms with van der Waals surface area (Å²) in [5.74, 6) is 0.